The highest BCUT2D eigenvalue weighted by Gasteiger charge is 2.29. The Morgan fingerprint density at radius 3 is 2.32 bits per heavy atom. The van der Waals surface area contributed by atoms with Crippen LogP contribution in [0, 0.1) is 11.8 Å². The SMILES string of the molecule is CC(C)=CCN(c1ccc(OCC2CCCCC2)cc1)C1CCN(C(=O)C(N)CC(C)C)CC1. The van der Waals surface area contributed by atoms with Gasteiger partial charge in [0.2, 0.25) is 5.91 Å². The lowest BCUT2D eigenvalue weighted by Gasteiger charge is -2.40. The second kappa shape index (κ2) is 13.2. The number of ether oxygens (including phenoxy) is 1. The molecule has 1 aliphatic carbocycles. The Morgan fingerprint density at radius 1 is 1.09 bits per heavy atom. The van der Waals surface area contributed by atoms with E-state index in [0.29, 0.717) is 17.9 Å². The summed E-state index contributed by atoms with van der Waals surface area (Å²) >= 11 is 0. The summed E-state index contributed by atoms with van der Waals surface area (Å²) in [7, 11) is 0. The van der Waals surface area contributed by atoms with E-state index in [4.69, 9.17) is 10.5 Å². The van der Waals surface area contributed by atoms with Crippen LogP contribution in [0.15, 0.2) is 35.9 Å². The molecule has 3 rings (SSSR count). The fraction of sp³-hybridized carbons (Fsp3) is 0.690. The maximum atomic E-state index is 12.8. The maximum Gasteiger partial charge on any atom is 0.239 e. The van der Waals surface area contributed by atoms with Gasteiger partial charge in [0.25, 0.3) is 0 Å². The third-order valence-corrected chi connectivity index (χ3v) is 7.33. The van der Waals surface area contributed by atoms with Crippen molar-refractivity contribution >= 4 is 11.6 Å². The first kappa shape index (κ1) is 26.6. The van der Waals surface area contributed by atoms with Crippen LogP contribution in [0.1, 0.15) is 79.1 Å². The second-order valence-corrected chi connectivity index (χ2v) is 11.0. The molecule has 1 atom stereocenters. The number of rotatable bonds is 10. The molecule has 190 valence electrons. The van der Waals surface area contributed by atoms with Crippen LogP contribution in [0.25, 0.3) is 0 Å². The van der Waals surface area contributed by atoms with Gasteiger partial charge >= 0.3 is 0 Å². The van der Waals surface area contributed by atoms with Crippen molar-refractivity contribution in [3.63, 3.8) is 0 Å². The molecule has 5 nitrogen and oxygen atoms in total. The number of allylic oxidation sites excluding steroid dienone is 1. The summed E-state index contributed by atoms with van der Waals surface area (Å²) in [5, 5.41) is 0. The summed E-state index contributed by atoms with van der Waals surface area (Å²) in [6.07, 6.45) is 11.7. The molecule has 0 radical (unpaired) electrons. The number of piperidine rings is 1. The minimum Gasteiger partial charge on any atom is -0.493 e. The lowest BCUT2D eigenvalue weighted by molar-refractivity contribution is -0.134. The highest BCUT2D eigenvalue weighted by molar-refractivity contribution is 5.81. The van der Waals surface area contributed by atoms with Crippen molar-refractivity contribution in [1.82, 2.24) is 4.90 Å². The largest absolute Gasteiger partial charge is 0.493 e. The monoisotopic (exact) mass is 469 g/mol. The molecule has 2 aliphatic rings. The molecule has 1 aliphatic heterocycles. The number of anilines is 1. The number of likely N-dealkylation sites (tertiary alicyclic amines) is 1. The maximum absolute atomic E-state index is 12.8. The number of hydrogen-bond donors (Lipinski definition) is 1. The molecule has 1 amide bonds. The van der Waals surface area contributed by atoms with Crippen LogP contribution in [0.2, 0.25) is 0 Å². The summed E-state index contributed by atoms with van der Waals surface area (Å²) in [4.78, 5) is 17.2. The highest BCUT2D eigenvalue weighted by atomic mass is 16.5. The molecule has 1 saturated carbocycles. The van der Waals surface area contributed by atoms with Crippen molar-refractivity contribution < 1.29 is 9.53 Å². The second-order valence-electron chi connectivity index (χ2n) is 11.0. The molecule has 1 heterocycles. The van der Waals surface area contributed by atoms with Crippen molar-refractivity contribution in [2.24, 2.45) is 17.6 Å². The molecule has 0 bridgehead atoms. The van der Waals surface area contributed by atoms with Gasteiger partial charge in [-0.15, -0.1) is 0 Å². The zero-order chi connectivity index (χ0) is 24.5. The summed E-state index contributed by atoms with van der Waals surface area (Å²) in [5.74, 6) is 2.23. The Kier molecular flexibility index (Phi) is 10.3. The normalized spacial score (nSPS) is 18.6. The van der Waals surface area contributed by atoms with Gasteiger partial charge in [0.05, 0.1) is 12.6 Å². The molecular weight excluding hydrogens is 422 g/mol. The van der Waals surface area contributed by atoms with Crippen LogP contribution >= 0.6 is 0 Å². The highest BCUT2D eigenvalue weighted by Crippen LogP contribution is 2.28. The topological polar surface area (TPSA) is 58.8 Å². The van der Waals surface area contributed by atoms with Gasteiger partial charge in [-0.2, -0.15) is 0 Å². The molecular formula is C29H47N3O2. The van der Waals surface area contributed by atoms with Gasteiger partial charge in [-0.3, -0.25) is 4.79 Å². The van der Waals surface area contributed by atoms with Crippen molar-refractivity contribution in [3.8, 4) is 5.75 Å². The smallest absolute Gasteiger partial charge is 0.239 e. The number of carbonyl (C=O) groups excluding carboxylic acids is 1. The average Bonchev–Trinajstić information content (AvgIpc) is 2.83. The van der Waals surface area contributed by atoms with E-state index in [1.54, 1.807) is 0 Å². The summed E-state index contributed by atoms with van der Waals surface area (Å²) in [6.45, 7) is 11.8. The lowest BCUT2D eigenvalue weighted by Crippen LogP contribution is -2.51. The number of amides is 1. The van der Waals surface area contributed by atoms with Crippen LogP contribution in [-0.2, 0) is 4.79 Å². The zero-order valence-electron chi connectivity index (χ0n) is 22.0. The molecule has 1 unspecified atom stereocenters. The molecule has 0 spiro atoms. The Balaban J connectivity index is 1.59. The van der Waals surface area contributed by atoms with Gasteiger partial charge in [-0.25, -0.2) is 0 Å². The average molecular weight is 470 g/mol. The zero-order valence-corrected chi connectivity index (χ0v) is 22.0. The minimum atomic E-state index is -0.375. The van der Waals surface area contributed by atoms with Crippen LogP contribution in [0.3, 0.4) is 0 Å². The number of hydrogen-bond acceptors (Lipinski definition) is 4. The number of benzene rings is 1. The number of nitrogens with two attached hydrogens (primary N) is 1. The van der Waals surface area contributed by atoms with E-state index in [-0.39, 0.29) is 11.9 Å². The van der Waals surface area contributed by atoms with Crippen LogP contribution in [0.4, 0.5) is 5.69 Å². The molecule has 1 saturated heterocycles. The van der Waals surface area contributed by atoms with E-state index in [1.165, 1.54) is 43.4 Å². The first-order chi connectivity index (χ1) is 16.3. The van der Waals surface area contributed by atoms with E-state index in [0.717, 1.165) is 51.3 Å². The summed E-state index contributed by atoms with van der Waals surface area (Å²) < 4.78 is 6.13. The van der Waals surface area contributed by atoms with Gasteiger partial charge in [-0.05, 0) is 82.1 Å². The fourth-order valence-electron chi connectivity index (χ4n) is 5.29. The third-order valence-electron chi connectivity index (χ3n) is 7.33. The van der Waals surface area contributed by atoms with Crippen molar-refractivity contribution in [2.45, 2.75) is 91.1 Å². The van der Waals surface area contributed by atoms with Gasteiger partial charge in [0.1, 0.15) is 5.75 Å². The van der Waals surface area contributed by atoms with Crippen LogP contribution in [-0.4, -0.2) is 49.1 Å². The lowest BCUT2D eigenvalue weighted by atomic mass is 9.90. The molecule has 1 aromatic rings. The Labute approximate surface area is 207 Å². The van der Waals surface area contributed by atoms with E-state index in [1.807, 2.05) is 4.90 Å². The standard InChI is InChI=1S/C29H47N3O2/c1-22(2)14-19-32(26-15-17-31(18-16-26)29(33)28(30)20-23(3)4)25-10-12-27(13-11-25)34-21-24-8-6-5-7-9-24/h10-14,23-24,26,28H,5-9,15-21,30H2,1-4H3. The molecule has 0 aromatic heterocycles. The van der Waals surface area contributed by atoms with Crippen molar-refractivity contribution in [2.75, 3.05) is 31.1 Å². The van der Waals surface area contributed by atoms with Gasteiger partial charge in [-0.1, -0.05) is 44.8 Å². The minimum absolute atomic E-state index is 0.113. The Hall–Kier alpha value is -2.01. The van der Waals surface area contributed by atoms with E-state index in [9.17, 15) is 4.79 Å². The van der Waals surface area contributed by atoms with Crippen molar-refractivity contribution in [3.05, 3.63) is 35.9 Å². The fourth-order valence-corrected chi connectivity index (χ4v) is 5.29. The molecule has 5 heteroatoms. The van der Waals surface area contributed by atoms with E-state index >= 15 is 0 Å². The molecule has 34 heavy (non-hydrogen) atoms. The molecule has 2 fully saturated rings. The quantitative estimate of drug-likeness (QED) is 0.441. The predicted molar refractivity (Wildman–Crippen MR) is 142 cm³/mol. The Bertz CT molecular complexity index is 771. The van der Waals surface area contributed by atoms with Gasteiger partial charge < -0.3 is 20.3 Å². The first-order valence-corrected chi connectivity index (χ1v) is 13.5. The van der Waals surface area contributed by atoms with Crippen LogP contribution < -0.4 is 15.4 Å². The summed E-state index contributed by atoms with van der Waals surface area (Å²) in [6, 6.07) is 8.68. The predicted octanol–water partition coefficient (Wildman–Crippen LogP) is 5.78. The van der Waals surface area contributed by atoms with Crippen molar-refractivity contribution in [1.29, 1.82) is 0 Å². The van der Waals surface area contributed by atoms with E-state index < -0.39 is 0 Å². The number of nitrogens with zero attached hydrogens (tertiary/aromatic N) is 2. The van der Waals surface area contributed by atoms with E-state index in [2.05, 4.69) is 62.9 Å². The molecule has 2 N–H and O–H groups in total. The summed E-state index contributed by atoms with van der Waals surface area (Å²) in [5.41, 5.74) is 8.73. The van der Waals surface area contributed by atoms with Gasteiger partial charge in [0, 0.05) is 31.4 Å². The van der Waals surface area contributed by atoms with Gasteiger partial charge in [0.15, 0.2) is 0 Å². The first-order valence-electron chi connectivity index (χ1n) is 13.5. The van der Waals surface area contributed by atoms with Crippen LogP contribution in [0.5, 0.6) is 5.75 Å². The molecule has 1 aromatic carbocycles. The third kappa shape index (κ3) is 8.04. The Morgan fingerprint density at radius 2 is 1.74 bits per heavy atom. The number of carbonyl (C=O) groups is 1.